The Hall–Kier alpha value is -0.300. The van der Waals surface area contributed by atoms with E-state index in [-0.39, 0.29) is 6.10 Å². The van der Waals surface area contributed by atoms with Gasteiger partial charge in [0.05, 0.1) is 6.10 Å². The number of fused-ring (bicyclic) bond motifs is 1. The second-order valence-electron chi connectivity index (χ2n) is 4.36. The van der Waals surface area contributed by atoms with E-state index < -0.39 is 0 Å². The normalized spacial score (nSPS) is 41.8. The number of hydrogen-bond acceptors (Lipinski definition) is 1. The van der Waals surface area contributed by atoms with Gasteiger partial charge in [-0.25, -0.2) is 0 Å². The Balaban J connectivity index is 2.10. The van der Waals surface area contributed by atoms with Crippen LogP contribution in [0.4, 0.5) is 0 Å². The lowest BCUT2D eigenvalue weighted by Crippen LogP contribution is -2.30. The number of aliphatic hydroxyl groups is 1. The van der Waals surface area contributed by atoms with Crippen LogP contribution in [-0.2, 0) is 0 Å². The Bertz CT molecular complexity index is 195. The van der Waals surface area contributed by atoms with Crippen LogP contribution in [0.1, 0.15) is 39.0 Å². The average Bonchev–Trinajstić information content (AvgIpc) is 2.07. The van der Waals surface area contributed by atoms with Crippen LogP contribution in [0, 0.1) is 11.8 Å². The van der Waals surface area contributed by atoms with Crippen LogP contribution in [0.2, 0.25) is 0 Å². The molecule has 0 spiro atoms. The summed E-state index contributed by atoms with van der Waals surface area (Å²) in [6.45, 7) is 2.23. The van der Waals surface area contributed by atoms with Gasteiger partial charge in [-0.05, 0) is 50.9 Å². The Morgan fingerprint density at radius 2 is 2.17 bits per heavy atom. The first-order chi connectivity index (χ1) is 5.77. The molecule has 0 aromatic carbocycles. The molecule has 12 heavy (non-hydrogen) atoms. The largest absolute Gasteiger partial charge is 0.393 e. The highest BCUT2D eigenvalue weighted by Crippen LogP contribution is 2.40. The first-order valence-electron chi connectivity index (χ1n) is 5.12. The number of aliphatic hydroxyl groups excluding tert-OH is 1. The standard InChI is InChI=1S/C11H18O/c1-8-3-2-4-9-5-6-10(12)7-11(8)9/h3,9-12H,2,4-7H2,1H3/t9-,10+,11+/m1/s1. The van der Waals surface area contributed by atoms with Crippen LogP contribution in [0.5, 0.6) is 0 Å². The van der Waals surface area contributed by atoms with Crippen molar-refractivity contribution in [3.8, 4) is 0 Å². The van der Waals surface area contributed by atoms with E-state index in [9.17, 15) is 5.11 Å². The zero-order valence-corrected chi connectivity index (χ0v) is 7.79. The lowest BCUT2D eigenvalue weighted by Gasteiger charge is -2.37. The molecule has 0 aromatic rings. The predicted molar refractivity (Wildman–Crippen MR) is 49.8 cm³/mol. The van der Waals surface area contributed by atoms with E-state index in [2.05, 4.69) is 13.0 Å². The molecule has 0 unspecified atom stereocenters. The van der Waals surface area contributed by atoms with Crippen LogP contribution in [0.25, 0.3) is 0 Å². The van der Waals surface area contributed by atoms with Crippen molar-refractivity contribution in [3.63, 3.8) is 0 Å². The van der Waals surface area contributed by atoms with E-state index in [1.54, 1.807) is 0 Å². The molecule has 1 nitrogen and oxygen atoms in total. The fourth-order valence-corrected chi connectivity index (χ4v) is 2.79. The molecule has 0 heterocycles. The number of allylic oxidation sites excluding steroid dienone is 2. The van der Waals surface area contributed by atoms with Gasteiger partial charge in [-0.1, -0.05) is 11.6 Å². The Labute approximate surface area is 74.5 Å². The second kappa shape index (κ2) is 3.21. The van der Waals surface area contributed by atoms with Crippen molar-refractivity contribution < 1.29 is 5.11 Å². The quantitative estimate of drug-likeness (QED) is 0.548. The maximum atomic E-state index is 9.54. The van der Waals surface area contributed by atoms with E-state index in [1.807, 2.05) is 0 Å². The topological polar surface area (TPSA) is 20.2 Å². The van der Waals surface area contributed by atoms with Gasteiger partial charge in [-0.15, -0.1) is 0 Å². The molecule has 2 aliphatic rings. The molecule has 0 bridgehead atoms. The second-order valence-corrected chi connectivity index (χ2v) is 4.36. The van der Waals surface area contributed by atoms with Crippen LogP contribution in [0.3, 0.4) is 0 Å². The van der Waals surface area contributed by atoms with E-state index >= 15 is 0 Å². The van der Waals surface area contributed by atoms with Gasteiger partial charge >= 0.3 is 0 Å². The fraction of sp³-hybridized carbons (Fsp3) is 0.818. The molecule has 1 heteroatoms. The Kier molecular flexibility index (Phi) is 2.22. The zero-order valence-electron chi connectivity index (χ0n) is 7.79. The van der Waals surface area contributed by atoms with E-state index in [1.165, 1.54) is 24.8 Å². The molecule has 0 aromatic heterocycles. The third-order valence-corrected chi connectivity index (χ3v) is 3.55. The molecule has 0 amide bonds. The van der Waals surface area contributed by atoms with E-state index in [0.717, 1.165) is 18.8 Å². The third kappa shape index (κ3) is 1.42. The lowest BCUT2D eigenvalue weighted by molar-refractivity contribution is 0.0754. The predicted octanol–water partition coefficient (Wildman–Crippen LogP) is 2.50. The highest BCUT2D eigenvalue weighted by atomic mass is 16.3. The average molecular weight is 166 g/mol. The van der Waals surface area contributed by atoms with Gasteiger partial charge in [0.1, 0.15) is 0 Å². The minimum Gasteiger partial charge on any atom is -0.393 e. The molecule has 0 aliphatic heterocycles. The van der Waals surface area contributed by atoms with Crippen molar-refractivity contribution in [2.24, 2.45) is 11.8 Å². The maximum absolute atomic E-state index is 9.54. The highest BCUT2D eigenvalue weighted by molar-refractivity contribution is 5.10. The molecule has 2 rings (SSSR count). The first kappa shape index (κ1) is 8.31. The smallest absolute Gasteiger partial charge is 0.0546 e. The summed E-state index contributed by atoms with van der Waals surface area (Å²) in [6.07, 6.45) is 8.27. The minimum atomic E-state index is -0.0206. The van der Waals surface area contributed by atoms with Gasteiger partial charge in [0, 0.05) is 0 Å². The molecule has 0 saturated heterocycles. The van der Waals surface area contributed by atoms with Gasteiger partial charge in [-0.3, -0.25) is 0 Å². The van der Waals surface area contributed by atoms with Gasteiger partial charge in [0.15, 0.2) is 0 Å². The highest BCUT2D eigenvalue weighted by Gasteiger charge is 2.31. The van der Waals surface area contributed by atoms with Crippen LogP contribution in [0.15, 0.2) is 11.6 Å². The van der Waals surface area contributed by atoms with Crippen molar-refractivity contribution in [3.05, 3.63) is 11.6 Å². The molecule has 2 aliphatic carbocycles. The van der Waals surface area contributed by atoms with Gasteiger partial charge < -0.3 is 5.11 Å². The first-order valence-corrected chi connectivity index (χ1v) is 5.12. The summed E-state index contributed by atoms with van der Waals surface area (Å²) < 4.78 is 0. The van der Waals surface area contributed by atoms with E-state index in [0.29, 0.717) is 5.92 Å². The summed E-state index contributed by atoms with van der Waals surface area (Å²) in [5.41, 5.74) is 1.53. The fourth-order valence-electron chi connectivity index (χ4n) is 2.79. The van der Waals surface area contributed by atoms with Crippen molar-refractivity contribution >= 4 is 0 Å². The summed E-state index contributed by atoms with van der Waals surface area (Å²) in [5, 5.41) is 9.54. The monoisotopic (exact) mass is 166 g/mol. The van der Waals surface area contributed by atoms with Crippen LogP contribution >= 0.6 is 0 Å². The third-order valence-electron chi connectivity index (χ3n) is 3.55. The van der Waals surface area contributed by atoms with Crippen LogP contribution < -0.4 is 0 Å². The number of rotatable bonds is 0. The molecule has 1 fully saturated rings. The molecule has 3 atom stereocenters. The number of hydrogen-bond donors (Lipinski definition) is 1. The molecular weight excluding hydrogens is 148 g/mol. The molecule has 68 valence electrons. The van der Waals surface area contributed by atoms with Crippen molar-refractivity contribution in [1.82, 2.24) is 0 Å². The zero-order chi connectivity index (χ0) is 8.55. The maximum Gasteiger partial charge on any atom is 0.0546 e. The van der Waals surface area contributed by atoms with Gasteiger partial charge in [0.2, 0.25) is 0 Å². The summed E-state index contributed by atoms with van der Waals surface area (Å²) in [4.78, 5) is 0. The SMILES string of the molecule is CC1=CCC[C@@H]2CC[C@H](O)C[C@@H]12. The molecule has 1 N–H and O–H groups in total. The molecule has 0 radical (unpaired) electrons. The summed E-state index contributed by atoms with van der Waals surface area (Å²) in [6, 6.07) is 0. The van der Waals surface area contributed by atoms with E-state index in [4.69, 9.17) is 0 Å². The van der Waals surface area contributed by atoms with Gasteiger partial charge in [0.25, 0.3) is 0 Å². The van der Waals surface area contributed by atoms with Crippen molar-refractivity contribution in [2.75, 3.05) is 0 Å². The summed E-state index contributed by atoms with van der Waals surface area (Å²) >= 11 is 0. The molecular formula is C11H18O. The van der Waals surface area contributed by atoms with Gasteiger partial charge in [-0.2, -0.15) is 0 Å². The minimum absolute atomic E-state index is 0.0206. The Morgan fingerprint density at radius 1 is 1.33 bits per heavy atom. The lowest BCUT2D eigenvalue weighted by atomic mass is 9.70. The van der Waals surface area contributed by atoms with Crippen LogP contribution in [-0.4, -0.2) is 11.2 Å². The summed E-state index contributed by atoms with van der Waals surface area (Å²) in [5.74, 6) is 1.60. The molecule has 1 saturated carbocycles. The summed E-state index contributed by atoms with van der Waals surface area (Å²) in [7, 11) is 0. The van der Waals surface area contributed by atoms with Crippen molar-refractivity contribution in [2.45, 2.75) is 45.1 Å². The van der Waals surface area contributed by atoms with Crippen molar-refractivity contribution in [1.29, 1.82) is 0 Å². The Morgan fingerprint density at radius 3 is 3.00 bits per heavy atom.